The number of benzene rings is 2. The lowest BCUT2D eigenvalue weighted by Crippen LogP contribution is -2.57. The molecule has 2 saturated heterocycles. The van der Waals surface area contributed by atoms with Gasteiger partial charge in [0.1, 0.15) is 5.82 Å². The van der Waals surface area contributed by atoms with Crippen LogP contribution >= 0.6 is 0 Å². The van der Waals surface area contributed by atoms with E-state index >= 15 is 0 Å². The maximum absolute atomic E-state index is 5.48. The predicted molar refractivity (Wildman–Crippen MR) is 162 cm³/mol. The summed E-state index contributed by atoms with van der Waals surface area (Å²) >= 11 is 0. The molecule has 2 aromatic heterocycles. The van der Waals surface area contributed by atoms with Gasteiger partial charge in [-0.3, -0.25) is 4.90 Å². The van der Waals surface area contributed by atoms with Crippen molar-refractivity contribution >= 4 is 22.4 Å². The second-order valence-electron chi connectivity index (χ2n) is 12.1. The summed E-state index contributed by atoms with van der Waals surface area (Å²) < 4.78 is 5.48. The van der Waals surface area contributed by atoms with Crippen LogP contribution in [0.5, 0.6) is 0 Å². The molecule has 0 saturated carbocycles. The van der Waals surface area contributed by atoms with E-state index in [9.17, 15) is 0 Å². The standard InChI is InChI=1S/C33H40N6O/c1-21(2)24-9-8-22(3)30(16-24)39-11-10-28-27(18-39)33(38-14-12-37(13-15-38)25-19-40-20-25)36-32(35-28)26-6-5-7-29-31(26)23(4)17-34-29/h5-9,16-17,21,25,34H,10-15,18-20H2,1-4H3. The SMILES string of the molecule is Cc1ccc(C(C)C)cc1N1CCc2nc(-c3cccc4[nH]cc(C)c34)nc(N3CCN(C4COC4)CC3)c2C1. The van der Waals surface area contributed by atoms with Crippen molar-refractivity contribution < 1.29 is 4.74 Å². The Morgan fingerprint density at radius 3 is 2.50 bits per heavy atom. The number of anilines is 2. The summed E-state index contributed by atoms with van der Waals surface area (Å²) in [5.74, 6) is 2.48. The molecule has 0 aliphatic carbocycles. The van der Waals surface area contributed by atoms with Gasteiger partial charge >= 0.3 is 0 Å². The Labute approximate surface area is 237 Å². The van der Waals surface area contributed by atoms with E-state index in [4.69, 9.17) is 14.7 Å². The van der Waals surface area contributed by atoms with Crippen molar-refractivity contribution in [3.05, 3.63) is 70.5 Å². The Balaban J connectivity index is 1.29. The van der Waals surface area contributed by atoms with Crippen LogP contribution in [0.3, 0.4) is 0 Å². The van der Waals surface area contributed by atoms with Gasteiger partial charge in [0.15, 0.2) is 5.82 Å². The predicted octanol–water partition coefficient (Wildman–Crippen LogP) is 5.45. The zero-order valence-electron chi connectivity index (χ0n) is 24.2. The second-order valence-corrected chi connectivity index (χ2v) is 12.1. The fraction of sp³-hybridized carbons (Fsp3) is 0.455. The molecule has 0 spiro atoms. The lowest BCUT2D eigenvalue weighted by molar-refractivity contribution is -0.0661. The monoisotopic (exact) mass is 536 g/mol. The van der Waals surface area contributed by atoms with Gasteiger partial charge in [0.05, 0.1) is 24.9 Å². The first kappa shape index (κ1) is 25.5. The number of H-pyrrole nitrogens is 1. The molecule has 7 rings (SSSR count). The molecule has 2 fully saturated rings. The van der Waals surface area contributed by atoms with Crippen LogP contribution in [0.4, 0.5) is 11.5 Å². The molecule has 7 nitrogen and oxygen atoms in total. The molecule has 0 atom stereocenters. The van der Waals surface area contributed by atoms with Crippen LogP contribution in [0.15, 0.2) is 42.6 Å². The number of aromatic nitrogens is 3. The van der Waals surface area contributed by atoms with Crippen LogP contribution in [0, 0.1) is 13.8 Å². The summed E-state index contributed by atoms with van der Waals surface area (Å²) in [6.07, 6.45) is 3.01. The number of aryl methyl sites for hydroxylation is 2. The van der Waals surface area contributed by atoms with E-state index in [0.29, 0.717) is 12.0 Å². The van der Waals surface area contributed by atoms with Crippen LogP contribution in [0.25, 0.3) is 22.3 Å². The molecular weight excluding hydrogens is 496 g/mol. The highest BCUT2D eigenvalue weighted by molar-refractivity contribution is 5.96. The number of rotatable bonds is 5. The molecule has 40 heavy (non-hydrogen) atoms. The maximum Gasteiger partial charge on any atom is 0.162 e. The first-order valence-corrected chi connectivity index (χ1v) is 14.9. The molecular formula is C33H40N6O. The van der Waals surface area contributed by atoms with Gasteiger partial charge in [-0.1, -0.05) is 38.1 Å². The molecule has 208 valence electrons. The Morgan fingerprint density at radius 2 is 1.75 bits per heavy atom. The van der Waals surface area contributed by atoms with E-state index in [1.165, 1.54) is 39.0 Å². The highest BCUT2D eigenvalue weighted by Crippen LogP contribution is 2.36. The molecule has 3 aliphatic heterocycles. The first-order chi connectivity index (χ1) is 19.5. The van der Waals surface area contributed by atoms with Gasteiger partial charge in [0.25, 0.3) is 0 Å². The number of nitrogens with zero attached hydrogens (tertiary/aromatic N) is 5. The highest BCUT2D eigenvalue weighted by Gasteiger charge is 2.32. The zero-order valence-corrected chi connectivity index (χ0v) is 24.2. The third-order valence-corrected chi connectivity index (χ3v) is 9.17. The maximum atomic E-state index is 5.48. The van der Waals surface area contributed by atoms with Gasteiger partial charge in [0.2, 0.25) is 0 Å². The summed E-state index contributed by atoms with van der Waals surface area (Å²) in [4.78, 5) is 21.7. The molecule has 0 bridgehead atoms. The van der Waals surface area contributed by atoms with Crippen molar-refractivity contribution in [2.24, 2.45) is 0 Å². The number of hydrogen-bond acceptors (Lipinski definition) is 6. The zero-order chi connectivity index (χ0) is 27.4. The average molecular weight is 537 g/mol. The van der Waals surface area contributed by atoms with Gasteiger partial charge in [-0.05, 0) is 48.6 Å². The van der Waals surface area contributed by atoms with E-state index in [-0.39, 0.29) is 0 Å². The van der Waals surface area contributed by atoms with Crippen molar-refractivity contribution in [1.82, 2.24) is 19.9 Å². The van der Waals surface area contributed by atoms with Crippen LogP contribution < -0.4 is 9.80 Å². The van der Waals surface area contributed by atoms with Crippen molar-refractivity contribution in [1.29, 1.82) is 0 Å². The second kappa shape index (κ2) is 10.2. The Morgan fingerprint density at radius 1 is 0.925 bits per heavy atom. The molecule has 1 N–H and O–H groups in total. The lowest BCUT2D eigenvalue weighted by Gasteiger charge is -2.43. The molecule has 2 aromatic carbocycles. The third-order valence-electron chi connectivity index (χ3n) is 9.17. The van der Waals surface area contributed by atoms with E-state index in [1.54, 1.807) is 0 Å². The molecule has 0 unspecified atom stereocenters. The highest BCUT2D eigenvalue weighted by atomic mass is 16.5. The summed E-state index contributed by atoms with van der Waals surface area (Å²) in [5, 5.41) is 1.22. The molecule has 0 amide bonds. The normalized spacial score (nSPS) is 18.4. The van der Waals surface area contributed by atoms with E-state index in [0.717, 1.165) is 81.6 Å². The van der Waals surface area contributed by atoms with E-state index in [1.807, 2.05) is 0 Å². The van der Waals surface area contributed by atoms with Gasteiger partial charge in [-0.2, -0.15) is 0 Å². The van der Waals surface area contributed by atoms with Crippen LogP contribution in [0.1, 0.15) is 47.7 Å². The van der Waals surface area contributed by atoms with Gasteiger partial charge < -0.3 is 19.5 Å². The minimum absolute atomic E-state index is 0.509. The van der Waals surface area contributed by atoms with E-state index in [2.05, 4.69) is 90.0 Å². The van der Waals surface area contributed by atoms with Crippen molar-refractivity contribution in [3.8, 4) is 11.4 Å². The number of hydrogen-bond donors (Lipinski definition) is 1. The minimum atomic E-state index is 0.509. The van der Waals surface area contributed by atoms with Gasteiger partial charge in [-0.15, -0.1) is 0 Å². The number of aromatic amines is 1. The van der Waals surface area contributed by atoms with Crippen LogP contribution in [0.2, 0.25) is 0 Å². The topological polar surface area (TPSA) is 60.5 Å². The molecule has 5 heterocycles. The Hall–Kier alpha value is -3.42. The number of fused-ring (bicyclic) bond motifs is 2. The van der Waals surface area contributed by atoms with E-state index < -0.39 is 0 Å². The van der Waals surface area contributed by atoms with Crippen molar-refractivity contribution in [3.63, 3.8) is 0 Å². The van der Waals surface area contributed by atoms with Crippen molar-refractivity contribution in [2.45, 2.75) is 52.6 Å². The minimum Gasteiger partial charge on any atom is -0.378 e. The summed E-state index contributed by atoms with van der Waals surface area (Å²) in [7, 11) is 0. The molecule has 0 radical (unpaired) electrons. The quantitative estimate of drug-likeness (QED) is 0.366. The summed E-state index contributed by atoms with van der Waals surface area (Å²) in [6, 6.07) is 14.0. The molecule has 4 aromatic rings. The lowest BCUT2D eigenvalue weighted by atomic mass is 9.98. The third kappa shape index (κ3) is 4.45. The number of ether oxygens (including phenoxy) is 1. The summed E-state index contributed by atoms with van der Waals surface area (Å²) in [6.45, 7) is 16.6. The smallest absolute Gasteiger partial charge is 0.162 e. The average Bonchev–Trinajstić information content (AvgIpc) is 3.32. The summed E-state index contributed by atoms with van der Waals surface area (Å²) in [5.41, 5.74) is 10.1. The van der Waals surface area contributed by atoms with Crippen LogP contribution in [-0.4, -0.2) is 71.8 Å². The number of piperazine rings is 1. The van der Waals surface area contributed by atoms with Gasteiger partial charge in [-0.25, -0.2) is 9.97 Å². The molecule has 3 aliphatic rings. The largest absolute Gasteiger partial charge is 0.378 e. The fourth-order valence-electron chi connectivity index (χ4n) is 6.59. The Kier molecular flexibility index (Phi) is 6.51. The first-order valence-electron chi connectivity index (χ1n) is 14.9. The van der Waals surface area contributed by atoms with Crippen molar-refractivity contribution in [2.75, 3.05) is 55.7 Å². The fourth-order valence-corrected chi connectivity index (χ4v) is 6.59. The number of nitrogens with one attached hydrogen (secondary N) is 1. The Bertz CT molecular complexity index is 1550. The van der Waals surface area contributed by atoms with Gasteiger partial charge in [0, 0.05) is 79.6 Å². The molecule has 7 heteroatoms. The van der Waals surface area contributed by atoms with Crippen LogP contribution in [-0.2, 0) is 17.7 Å².